The first kappa shape index (κ1) is 15.1. The van der Waals surface area contributed by atoms with Crippen molar-refractivity contribution in [1.82, 2.24) is 4.72 Å². The van der Waals surface area contributed by atoms with E-state index in [0.717, 1.165) is 0 Å². The lowest BCUT2D eigenvalue weighted by Crippen LogP contribution is -2.20. The zero-order valence-electron chi connectivity index (χ0n) is 11.5. The van der Waals surface area contributed by atoms with Crippen molar-refractivity contribution < 1.29 is 13.5 Å². The summed E-state index contributed by atoms with van der Waals surface area (Å²) in [6, 6.07) is 11.3. The van der Waals surface area contributed by atoms with E-state index >= 15 is 0 Å². The minimum atomic E-state index is -3.55. The number of phenolic OH excluding ortho intramolecular Hbond substituents is 1. The Balaban J connectivity index is 2.27. The molecule has 6 nitrogen and oxygen atoms in total. The lowest BCUT2D eigenvalue weighted by molar-refractivity contribution is 0.469. The van der Waals surface area contributed by atoms with Gasteiger partial charge in [-0.15, -0.1) is 0 Å². The second-order valence-electron chi connectivity index (χ2n) is 4.45. The van der Waals surface area contributed by atoms with Gasteiger partial charge in [0.15, 0.2) is 0 Å². The predicted molar refractivity (Wildman–Crippen MR) is 82.5 cm³/mol. The van der Waals surface area contributed by atoms with Gasteiger partial charge in [-0.3, -0.25) is 0 Å². The molecular weight excluding hydrogens is 290 g/mol. The van der Waals surface area contributed by atoms with Gasteiger partial charge in [0.05, 0.1) is 5.69 Å². The number of sulfonamides is 1. The van der Waals surface area contributed by atoms with Crippen LogP contribution >= 0.6 is 0 Å². The molecule has 21 heavy (non-hydrogen) atoms. The zero-order valence-corrected chi connectivity index (χ0v) is 12.3. The Morgan fingerprint density at radius 3 is 2.62 bits per heavy atom. The van der Waals surface area contributed by atoms with Crippen LogP contribution in [0.25, 0.3) is 0 Å². The molecule has 0 spiro atoms. The third-order valence-corrected chi connectivity index (χ3v) is 4.49. The normalized spacial score (nSPS) is 11.3. The van der Waals surface area contributed by atoms with Crippen LogP contribution in [0.2, 0.25) is 0 Å². The highest BCUT2D eigenvalue weighted by Crippen LogP contribution is 2.24. The van der Waals surface area contributed by atoms with E-state index in [9.17, 15) is 13.5 Å². The molecule has 0 radical (unpaired) electrons. The molecule has 112 valence electrons. The summed E-state index contributed by atoms with van der Waals surface area (Å²) in [7, 11) is -2.19. The number of hydrogen-bond acceptors (Lipinski definition) is 5. The highest BCUT2D eigenvalue weighted by atomic mass is 32.2. The summed E-state index contributed by atoms with van der Waals surface area (Å²) in [6.07, 6.45) is 0. The van der Waals surface area contributed by atoms with Crippen LogP contribution in [0.15, 0.2) is 47.4 Å². The van der Waals surface area contributed by atoms with E-state index in [1.54, 1.807) is 30.3 Å². The Morgan fingerprint density at radius 2 is 1.90 bits per heavy atom. The van der Waals surface area contributed by atoms with E-state index in [1.807, 2.05) is 0 Å². The molecule has 0 amide bonds. The van der Waals surface area contributed by atoms with Gasteiger partial charge in [0, 0.05) is 17.8 Å². The van der Waals surface area contributed by atoms with Crippen LogP contribution in [0, 0.1) is 0 Å². The molecule has 0 aliphatic heterocycles. The summed E-state index contributed by atoms with van der Waals surface area (Å²) in [5, 5.41) is 12.8. The Bertz CT molecular complexity index is 745. The third-order valence-electron chi connectivity index (χ3n) is 3.02. The number of aromatic hydroxyl groups is 1. The van der Waals surface area contributed by atoms with Gasteiger partial charge >= 0.3 is 0 Å². The highest BCUT2D eigenvalue weighted by Gasteiger charge is 2.15. The van der Waals surface area contributed by atoms with Crippen LogP contribution in [-0.4, -0.2) is 20.6 Å². The molecule has 0 aromatic heterocycles. The minimum Gasteiger partial charge on any atom is -0.508 e. The first-order valence-electron chi connectivity index (χ1n) is 6.28. The fourth-order valence-electron chi connectivity index (χ4n) is 1.89. The summed E-state index contributed by atoms with van der Waals surface area (Å²) in [5.41, 5.74) is 7.24. The van der Waals surface area contributed by atoms with Crippen molar-refractivity contribution in [1.29, 1.82) is 0 Å². The molecular formula is C14H17N3O3S. The standard InChI is InChI=1S/C14H17N3O3S/c1-16-21(19,20)14-5-3-2-4-12(14)17-9-10-8-11(15)6-7-13(10)18/h2-8,16-18H,9,15H2,1H3. The molecule has 0 aliphatic carbocycles. The molecule has 0 atom stereocenters. The summed E-state index contributed by atoms with van der Waals surface area (Å²) in [6.45, 7) is 0.257. The van der Waals surface area contributed by atoms with Crippen LogP contribution < -0.4 is 15.8 Å². The number of benzene rings is 2. The number of phenols is 1. The molecule has 2 aromatic carbocycles. The summed E-state index contributed by atoms with van der Waals surface area (Å²) >= 11 is 0. The molecule has 2 aromatic rings. The van der Waals surface area contributed by atoms with Crippen molar-refractivity contribution in [3.05, 3.63) is 48.0 Å². The molecule has 0 aliphatic rings. The average Bonchev–Trinajstić information content (AvgIpc) is 2.48. The van der Waals surface area contributed by atoms with Crippen molar-refractivity contribution >= 4 is 21.4 Å². The van der Waals surface area contributed by atoms with E-state index in [4.69, 9.17) is 5.73 Å². The largest absolute Gasteiger partial charge is 0.508 e. The highest BCUT2D eigenvalue weighted by molar-refractivity contribution is 7.89. The number of nitrogens with one attached hydrogen (secondary N) is 2. The van der Waals surface area contributed by atoms with Crippen molar-refractivity contribution in [2.75, 3.05) is 18.1 Å². The average molecular weight is 307 g/mol. The van der Waals surface area contributed by atoms with E-state index < -0.39 is 10.0 Å². The minimum absolute atomic E-state index is 0.102. The van der Waals surface area contributed by atoms with Gasteiger partial charge in [0.2, 0.25) is 10.0 Å². The summed E-state index contributed by atoms with van der Waals surface area (Å²) < 4.78 is 26.1. The fourth-order valence-corrected chi connectivity index (χ4v) is 2.80. The third kappa shape index (κ3) is 3.45. The number of nitrogens with two attached hydrogens (primary N) is 1. The Kier molecular flexibility index (Phi) is 4.35. The van der Waals surface area contributed by atoms with Crippen LogP contribution in [0.1, 0.15) is 5.56 Å². The van der Waals surface area contributed by atoms with E-state index in [1.165, 1.54) is 19.2 Å². The topological polar surface area (TPSA) is 104 Å². The second-order valence-corrected chi connectivity index (χ2v) is 6.30. The smallest absolute Gasteiger partial charge is 0.242 e. The first-order valence-corrected chi connectivity index (χ1v) is 7.76. The van der Waals surface area contributed by atoms with Crippen LogP contribution in [-0.2, 0) is 16.6 Å². The lowest BCUT2D eigenvalue weighted by atomic mass is 10.1. The summed E-state index contributed by atoms with van der Waals surface area (Å²) in [4.78, 5) is 0.149. The Morgan fingerprint density at radius 1 is 1.19 bits per heavy atom. The van der Waals surface area contributed by atoms with Crippen molar-refractivity contribution in [3.63, 3.8) is 0 Å². The number of para-hydroxylation sites is 1. The first-order chi connectivity index (χ1) is 9.94. The zero-order chi connectivity index (χ0) is 15.5. The maximum absolute atomic E-state index is 11.9. The SMILES string of the molecule is CNS(=O)(=O)c1ccccc1NCc1cc(N)ccc1O. The molecule has 0 heterocycles. The monoisotopic (exact) mass is 307 g/mol. The number of nitrogen functional groups attached to an aromatic ring is 1. The van der Waals surface area contributed by atoms with E-state index in [2.05, 4.69) is 10.0 Å². The van der Waals surface area contributed by atoms with Gasteiger partial charge in [-0.25, -0.2) is 13.1 Å². The fraction of sp³-hybridized carbons (Fsp3) is 0.143. The van der Waals surface area contributed by atoms with Crippen LogP contribution in [0.4, 0.5) is 11.4 Å². The van der Waals surface area contributed by atoms with Gasteiger partial charge in [-0.2, -0.15) is 0 Å². The Labute approximate surface area is 123 Å². The Hall–Kier alpha value is -2.25. The molecule has 7 heteroatoms. The van der Waals surface area contributed by atoms with Crippen LogP contribution in [0.3, 0.4) is 0 Å². The molecule has 2 rings (SSSR count). The van der Waals surface area contributed by atoms with Gasteiger partial charge in [-0.1, -0.05) is 12.1 Å². The maximum atomic E-state index is 11.9. The van der Waals surface area contributed by atoms with Crippen molar-refractivity contribution in [3.8, 4) is 5.75 Å². The van der Waals surface area contributed by atoms with E-state index in [-0.39, 0.29) is 17.2 Å². The molecule has 0 saturated heterocycles. The predicted octanol–water partition coefficient (Wildman–Crippen LogP) is 1.49. The molecule has 0 bridgehead atoms. The van der Waals surface area contributed by atoms with E-state index in [0.29, 0.717) is 16.9 Å². The van der Waals surface area contributed by atoms with Gasteiger partial charge in [-0.05, 0) is 37.4 Å². The molecule has 0 unspecified atom stereocenters. The lowest BCUT2D eigenvalue weighted by Gasteiger charge is -2.13. The quantitative estimate of drug-likeness (QED) is 0.495. The van der Waals surface area contributed by atoms with Crippen LogP contribution in [0.5, 0.6) is 5.75 Å². The van der Waals surface area contributed by atoms with Gasteiger partial charge < -0.3 is 16.2 Å². The van der Waals surface area contributed by atoms with Gasteiger partial charge in [0.25, 0.3) is 0 Å². The number of hydrogen-bond donors (Lipinski definition) is 4. The summed E-state index contributed by atoms with van der Waals surface area (Å²) in [5.74, 6) is 0.102. The van der Waals surface area contributed by atoms with Gasteiger partial charge in [0.1, 0.15) is 10.6 Å². The maximum Gasteiger partial charge on any atom is 0.242 e. The van der Waals surface area contributed by atoms with Crippen molar-refractivity contribution in [2.45, 2.75) is 11.4 Å². The molecule has 5 N–H and O–H groups in total. The second kappa shape index (κ2) is 6.02. The number of rotatable bonds is 5. The molecule has 0 fully saturated rings. The van der Waals surface area contributed by atoms with Crippen molar-refractivity contribution in [2.24, 2.45) is 0 Å². The number of anilines is 2. The molecule has 0 saturated carbocycles.